The molecule has 0 spiro atoms. The standard InChI is InChI=1S/C21H14BrF2N3O2/c22-15-5-10-19(26-20(28)14-3-8-17(24)9-4-14)18(11-15)21(29)27-25-12-13-1-6-16(23)7-2-13/h1-12H,(H,26,28)(H,27,29)/b25-12+. The molecule has 0 aliphatic rings. The third-order valence-corrected chi connectivity index (χ3v) is 4.32. The van der Waals surface area contributed by atoms with E-state index in [1.54, 1.807) is 12.1 Å². The maximum absolute atomic E-state index is 13.0. The molecule has 29 heavy (non-hydrogen) atoms. The predicted molar refractivity (Wildman–Crippen MR) is 110 cm³/mol. The molecule has 0 aliphatic heterocycles. The number of carbonyl (C=O) groups excluding carboxylic acids is 2. The van der Waals surface area contributed by atoms with Crippen molar-refractivity contribution in [2.75, 3.05) is 5.32 Å². The average molecular weight is 458 g/mol. The van der Waals surface area contributed by atoms with E-state index in [0.29, 0.717) is 10.0 Å². The average Bonchev–Trinajstić information content (AvgIpc) is 2.71. The fourth-order valence-electron chi connectivity index (χ4n) is 2.38. The Morgan fingerprint density at radius 2 is 1.48 bits per heavy atom. The van der Waals surface area contributed by atoms with Crippen LogP contribution in [0.15, 0.2) is 76.3 Å². The van der Waals surface area contributed by atoms with Crippen molar-refractivity contribution in [1.29, 1.82) is 0 Å². The number of rotatable bonds is 5. The first-order valence-corrected chi connectivity index (χ1v) is 9.17. The van der Waals surface area contributed by atoms with Gasteiger partial charge in [0.2, 0.25) is 0 Å². The number of benzene rings is 3. The van der Waals surface area contributed by atoms with Crippen molar-refractivity contribution in [3.63, 3.8) is 0 Å². The normalized spacial score (nSPS) is 10.7. The summed E-state index contributed by atoms with van der Waals surface area (Å²) in [6.45, 7) is 0. The van der Waals surface area contributed by atoms with E-state index in [4.69, 9.17) is 0 Å². The highest BCUT2D eigenvalue weighted by Crippen LogP contribution is 2.22. The van der Waals surface area contributed by atoms with Gasteiger partial charge in [0.1, 0.15) is 11.6 Å². The van der Waals surface area contributed by atoms with E-state index in [0.717, 1.165) is 0 Å². The van der Waals surface area contributed by atoms with Gasteiger partial charge in [0.05, 0.1) is 17.5 Å². The summed E-state index contributed by atoms with van der Waals surface area (Å²) in [5, 5.41) is 6.48. The third-order valence-electron chi connectivity index (χ3n) is 3.83. The molecule has 0 fully saturated rings. The van der Waals surface area contributed by atoms with E-state index >= 15 is 0 Å². The molecule has 3 aromatic carbocycles. The van der Waals surface area contributed by atoms with Crippen molar-refractivity contribution in [3.05, 3.63) is 99.5 Å². The van der Waals surface area contributed by atoms with E-state index in [2.05, 4.69) is 31.8 Å². The summed E-state index contributed by atoms with van der Waals surface area (Å²) >= 11 is 3.29. The lowest BCUT2D eigenvalue weighted by molar-refractivity contribution is 0.0956. The number of halogens is 3. The number of hydrogen-bond acceptors (Lipinski definition) is 3. The summed E-state index contributed by atoms with van der Waals surface area (Å²) in [5.74, 6) is -1.87. The lowest BCUT2D eigenvalue weighted by atomic mass is 10.1. The van der Waals surface area contributed by atoms with Crippen LogP contribution in [0.1, 0.15) is 26.3 Å². The van der Waals surface area contributed by atoms with Crippen LogP contribution < -0.4 is 10.7 Å². The van der Waals surface area contributed by atoms with Gasteiger partial charge in [-0.25, -0.2) is 14.2 Å². The van der Waals surface area contributed by atoms with Crippen molar-refractivity contribution in [2.45, 2.75) is 0 Å². The van der Waals surface area contributed by atoms with E-state index in [9.17, 15) is 18.4 Å². The molecule has 0 heterocycles. The van der Waals surface area contributed by atoms with Gasteiger partial charge >= 0.3 is 0 Å². The molecule has 0 unspecified atom stereocenters. The molecule has 3 aromatic rings. The Morgan fingerprint density at radius 1 is 0.862 bits per heavy atom. The van der Waals surface area contributed by atoms with Gasteiger partial charge in [0.15, 0.2) is 0 Å². The molecule has 146 valence electrons. The minimum atomic E-state index is -0.556. The van der Waals surface area contributed by atoms with E-state index in [-0.39, 0.29) is 22.6 Å². The summed E-state index contributed by atoms with van der Waals surface area (Å²) in [5.41, 5.74) is 3.65. The molecule has 0 aliphatic carbocycles. The first-order valence-electron chi connectivity index (χ1n) is 8.38. The molecule has 2 amide bonds. The Hall–Kier alpha value is -3.39. The van der Waals surface area contributed by atoms with Crippen LogP contribution >= 0.6 is 15.9 Å². The molecule has 0 atom stereocenters. The second-order valence-electron chi connectivity index (χ2n) is 5.90. The molecular formula is C21H14BrF2N3O2. The molecule has 0 saturated carbocycles. The zero-order chi connectivity index (χ0) is 20.8. The van der Waals surface area contributed by atoms with Gasteiger partial charge in [-0.2, -0.15) is 5.10 Å². The first kappa shape index (κ1) is 20.3. The summed E-state index contributed by atoms with van der Waals surface area (Å²) in [6, 6.07) is 15.4. The summed E-state index contributed by atoms with van der Waals surface area (Å²) in [7, 11) is 0. The van der Waals surface area contributed by atoms with Crippen molar-refractivity contribution in [3.8, 4) is 0 Å². The highest BCUT2D eigenvalue weighted by molar-refractivity contribution is 9.10. The minimum Gasteiger partial charge on any atom is -0.321 e. The largest absolute Gasteiger partial charge is 0.321 e. The van der Waals surface area contributed by atoms with Crippen molar-refractivity contribution < 1.29 is 18.4 Å². The van der Waals surface area contributed by atoms with Crippen molar-refractivity contribution in [2.24, 2.45) is 5.10 Å². The Bertz CT molecular complexity index is 1070. The second-order valence-corrected chi connectivity index (χ2v) is 6.82. The van der Waals surface area contributed by atoms with Gasteiger partial charge in [-0.3, -0.25) is 9.59 Å². The van der Waals surface area contributed by atoms with Crippen LogP contribution in [-0.4, -0.2) is 18.0 Å². The monoisotopic (exact) mass is 457 g/mol. The van der Waals surface area contributed by atoms with E-state index < -0.39 is 17.6 Å². The Labute approximate surface area is 173 Å². The van der Waals surface area contributed by atoms with Crippen LogP contribution in [0.4, 0.5) is 14.5 Å². The van der Waals surface area contributed by atoms with E-state index in [1.165, 1.54) is 60.8 Å². The zero-order valence-corrected chi connectivity index (χ0v) is 16.4. The number of nitrogens with one attached hydrogen (secondary N) is 2. The molecule has 0 radical (unpaired) electrons. The Balaban J connectivity index is 1.75. The quantitative estimate of drug-likeness (QED) is 0.428. The fourth-order valence-corrected chi connectivity index (χ4v) is 2.74. The van der Waals surface area contributed by atoms with Crippen LogP contribution in [0.3, 0.4) is 0 Å². The van der Waals surface area contributed by atoms with Gasteiger partial charge in [-0.15, -0.1) is 0 Å². The number of nitrogens with zero attached hydrogens (tertiary/aromatic N) is 1. The predicted octanol–water partition coefficient (Wildman–Crippen LogP) is 4.74. The number of hydrazone groups is 1. The lowest BCUT2D eigenvalue weighted by Crippen LogP contribution is -2.21. The van der Waals surface area contributed by atoms with Gasteiger partial charge in [-0.1, -0.05) is 28.1 Å². The van der Waals surface area contributed by atoms with Gasteiger partial charge in [0, 0.05) is 10.0 Å². The number of amides is 2. The number of anilines is 1. The van der Waals surface area contributed by atoms with Crippen LogP contribution in [0, 0.1) is 11.6 Å². The molecular weight excluding hydrogens is 444 g/mol. The molecule has 5 nitrogen and oxygen atoms in total. The highest BCUT2D eigenvalue weighted by Gasteiger charge is 2.15. The van der Waals surface area contributed by atoms with Crippen LogP contribution in [-0.2, 0) is 0 Å². The number of hydrogen-bond donors (Lipinski definition) is 2. The Morgan fingerprint density at radius 3 is 2.14 bits per heavy atom. The van der Waals surface area contributed by atoms with E-state index in [1.807, 2.05) is 0 Å². The molecule has 0 saturated heterocycles. The maximum Gasteiger partial charge on any atom is 0.273 e. The fraction of sp³-hybridized carbons (Fsp3) is 0. The molecule has 0 aromatic heterocycles. The van der Waals surface area contributed by atoms with Gasteiger partial charge in [-0.05, 0) is 60.2 Å². The topological polar surface area (TPSA) is 70.6 Å². The van der Waals surface area contributed by atoms with Crippen molar-refractivity contribution >= 4 is 39.6 Å². The van der Waals surface area contributed by atoms with Crippen molar-refractivity contribution in [1.82, 2.24) is 5.43 Å². The molecule has 2 N–H and O–H groups in total. The second kappa shape index (κ2) is 9.20. The minimum absolute atomic E-state index is 0.172. The van der Waals surface area contributed by atoms with Gasteiger partial charge < -0.3 is 5.32 Å². The first-order chi connectivity index (χ1) is 13.9. The SMILES string of the molecule is O=C(Nc1ccc(Br)cc1C(=O)N/N=C/c1ccc(F)cc1)c1ccc(F)cc1. The van der Waals surface area contributed by atoms with Crippen LogP contribution in [0.25, 0.3) is 0 Å². The number of carbonyl (C=O) groups is 2. The summed E-state index contributed by atoms with van der Waals surface area (Å²) < 4.78 is 26.6. The van der Waals surface area contributed by atoms with Gasteiger partial charge in [0.25, 0.3) is 11.8 Å². The maximum atomic E-state index is 13.0. The van der Waals surface area contributed by atoms with Crippen LogP contribution in [0.2, 0.25) is 0 Å². The summed E-state index contributed by atoms with van der Waals surface area (Å²) in [6.07, 6.45) is 1.37. The molecule has 0 bridgehead atoms. The Kier molecular flexibility index (Phi) is 6.46. The lowest BCUT2D eigenvalue weighted by Gasteiger charge is -2.11. The zero-order valence-electron chi connectivity index (χ0n) is 14.8. The highest BCUT2D eigenvalue weighted by atomic mass is 79.9. The molecule has 8 heteroatoms. The third kappa shape index (κ3) is 5.55. The smallest absolute Gasteiger partial charge is 0.273 e. The summed E-state index contributed by atoms with van der Waals surface area (Å²) in [4.78, 5) is 24.9. The molecule has 3 rings (SSSR count). The van der Waals surface area contributed by atoms with Crippen LogP contribution in [0.5, 0.6) is 0 Å².